The van der Waals surface area contributed by atoms with Crippen LogP contribution in [0.15, 0.2) is 41.7 Å². The molecule has 1 N–H and O–H groups in total. The molecule has 0 bridgehead atoms. The van der Waals surface area contributed by atoms with Gasteiger partial charge in [0.1, 0.15) is 17.8 Å². The molecule has 0 saturated carbocycles. The van der Waals surface area contributed by atoms with Crippen LogP contribution in [0.3, 0.4) is 0 Å². The summed E-state index contributed by atoms with van der Waals surface area (Å²) in [4.78, 5) is 29.3. The predicted octanol–water partition coefficient (Wildman–Crippen LogP) is 2.62. The van der Waals surface area contributed by atoms with Crippen LogP contribution in [-0.2, 0) is 17.4 Å². The number of nitrogens with zero attached hydrogens (tertiary/aromatic N) is 6. The number of benzene rings is 1. The number of nitrogens with one attached hydrogen (secondary N) is 1. The van der Waals surface area contributed by atoms with Gasteiger partial charge in [-0.3, -0.25) is 18.7 Å². The Morgan fingerprint density at radius 3 is 2.74 bits per heavy atom. The Balaban J connectivity index is 1.68. The average molecular weight is 431 g/mol. The van der Waals surface area contributed by atoms with Crippen molar-refractivity contribution in [3.63, 3.8) is 0 Å². The highest BCUT2D eigenvalue weighted by Crippen LogP contribution is 2.31. The molecule has 12 heteroatoms. The molecule has 0 fully saturated rings. The smallest absolute Gasteiger partial charge is 0.309 e. The van der Waals surface area contributed by atoms with E-state index in [0.717, 1.165) is 18.2 Å². The molecule has 1 amide bonds. The third-order valence-corrected chi connectivity index (χ3v) is 4.57. The SMILES string of the molecule is CC(C)n1nc(CC(=O)Nc2cn3cnnc3cn2)c(=O)c2ccc(C(F)(F)F)cc21. The third-order valence-electron chi connectivity index (χ3n) is 4.57. The molecule has 0 atom stereocenters. The number of halogens is 3. The van der Waals surface area contributed by atoms with E-state index >= 15 is 0 Å². The molecular formula is C19H16F3N7O2. The van der Waals surface area contributed by atoms with Gasteiger partial charge >= 0.3 is 6.18 Å². The fourth-order valence-electron chi connectivity index (χ4n) is 3.12. The predicted molar refractivity (Wildman–Crippen MR) is 105 cm³/mol. The number of hydrogen-bond donors (Lipinski definition) is 1. The second-order valence-corrected chi connectivity index (χ2v) is 7.14. The van der Waals surface area contributed by atoms with E-state index in [-0.39, 0.29) is 34.9 Å². The summed E-state index contributed by atoms with van der Waals surface area (Å²) in [5.41, 5.74) is -1.01. The first-order chi connectivity index (χ1) is 14.6. The summed E-state index contributed by atoms with van der Waals surface area (Å²) in [6.07, 6.45) is -0.561. The van der Waals surface area contributed by atoms with Gasteiger partial charge in [0.15, 0.2) is 5.65 Å². The second-order valence-electron chi connectivity index (χ2n) is 7.14. The number of aromatic nitrogens is 6. The molecule has 9 nitrogen and oxygen atoms in total. The zero-order valence-corrected chi connectivity index (χ0v) is 16.4. The maximum absolute atomic E-state index is 13.1. The van der Waals surface area contributed by atoms with Crippen LogP contribution in [0.1, 0.15) is 31.1 Å². The molecule has 3 aromatic heterocycles. The lowest BCUT2D eigenvalue weighted by molar-refractivity contribution is -0.137. The fraction of sp³-hybridized carbons (Fsp3) is 0.263. The minimum absolute atomic E-state index is 0.0544. The topological polar surface area (TPSA) is 107 Å². The van der Waals surface area contributed by atoms with Gasteiger partial charge in [0, 0.05) is 11.4 Å². The molecule has 1 aromatic carbocycles. The van der Waals surface area contributed by atoms with E-state index in [9.17, 15) is 22.8 Å². The van der Waals surface area contributed by atoms with Gasteiger partial charge in [0.25, 0.3) is 0 Å². The lowest BCUT2D eigenvalue weighted by atomic mass is 10.1. The van der Waals surface area contributed by atoms with Crippen LogP contribution in [0.4, 0.5) is 19.0 Å². The highest BCUT2D eigenvalue weighted by atomic mass is 19.4. The quantitative estimate of drug-likeness (QED) is 0.532. The van der Waals surface area contributed by atoms with Gasteiger partial charge in [-0.15, -0.1) is 10.2 Å². The highest BCUT2D eigenvalue weighted by molar-refractivity contribution is 5.91. The first kappa shape index (κ1) is 20.4. The van der Waals surface area contributed by atoms with Crippen molar-refractivity contribution >= 4 is 28.3 Å². The van der Waals surface area contributed by atoms with Crippen molar-refractivity contribution < 1.29 is 18.0 Å². The maximum atomic E-state index is 13.1. The molecule has 31 heavy (non-hydrogen) atoms. The Hall–Kier alpha value is -3.83. The number of alkyl halides is 3. The van der Waals surface area contributed by atoms with Crippen LogP contribution in [0, 0.1) is 0 Å². The van der Waals surface area contributed by atoms with Crippen molar-refractivity contribution in [2.75, 3.05) is 5.32 Å². The monoisotopic (exact) mass is 431 g/mol. The molecule has 0 saturated heterocycles. The van der Waals surface area contributed by atoms with Crippen molar-refractivity contribution in [2.45, 2.75) is 32.5 Å². The molecule has 4 rings (SSSR count). The van der Waals surface area contributed by atoms with E-state index in [1.807, 2.05) is 0 Å². The van der Waals surface area contributed by atoms with Gasteiger partial charge in [-0.2, -0.15) is 18.3 Å². The lowest BCUT2D eigenvalue weighted by Gasteiger charge is -2.16. The van der Waals surface area contributed by atoms with Crippen LogP contribution >= 0.6 is 0 Å². The van der Waals surface area contributed by atoms with Gasteiger partial charge in [-0.25, -0.2) is 4.98 Å². The van der Waals surface area contributed by atoms with E-state index in [2.05, 4.69) is 25.6 Å². The third kappa shape index (κ3) is 3.96. The molecule has 160 valence electrons. The zero-order valence-electron chi connectivity index (χ0n) is 16.4. The van der Waals surface area contributed by atoms with Crippen molar-refractivity contribution in [3.8, 4) is 0 Å². The number of carbonyl (C=O) groups is 1. The summed E-state index contributed by atoms with van der Waals surface area (Å²) in [6, 6.07) is 2.51. The van der Waals surface area contributed by atoms with E-state index in [4.69, 9.17) is 0 Å². The Labute approximate surface area is 172 Å². The van der Waals surface area contributed by atoms with Gasteiger partial charge in [-0.05, 0) is 32.0 Å². The standard InChI is InChI=1S/C19H16F3N7O2/c1-10(2)29-14-5-11(19(20,21)22)3-4-12(14)18(31)13(27-29)6-17(30)25-15-8-28-9-24-26-16(28)7-23-15/h3-5,7-10H,6H2,1-2H3,(H,25,30). The minimum Gasteiger partial charge on any atom is -0.309 e. The van der Waals surface area contributed by atoms with Crippen LogP contribution in [0.5, 0.6) is 0 Å². The van der Waals surface area contributed by atoms with Crippen molar-refractivity contribution in [1.82, 2.24) is 29.4 Å². The Bertz CT molecular complexity index is 1360. The first-order valence-electron chi connectivity index (χ1n) is 9.21. The molecule has 0 aliphatic rings. The number of hydrogen-bond acceptors (Lipinski definition) is 6. The minimum atomic E-state index is -4.55. The van der Waals surface area contributed by atoms with Crippen molar-refractivity contribution in [3.05, 3.63) is 58.4 Å². The number of amides is 1. The van der Waals surface area contributed by atoms with Gasteiger partial charge < -0.3 is 5.32 Å². The van der Waals surface area contributed by atoms with E-state index in [1.54, 1.807) is 18.2 Å². The van der Waals surface area contributed by atoms with Gasteiger partial charge in [0.2, 0.25) is 11.3 Å². The van der Waals surface area contributed by atoms with E-state index < -0.39 is 23.1 Å². The van der Waals surface area contributed by atoms with Crippen molar-refractivity contribution in [1.29, 1.82) is 0 Å². The number of fused-ring (bicyclic) bond motifs is 2. The summed E-state index contributed by atoms with van der Waals surface area (Å²) >= 11 is 0. The Morgan fingerprint density at radius 2 is 2.03 bits per heavy atom. The van der Waals surface area contributed by atoms with Crippen LogP contribution in [0.25, 0.3) is 16.6 Å². The normalized spacial score (nSPS) is 12.1. The zero-order chi connectivity index (χ0) is 22.3. The number of anilines is 1. The van der Waals surface area contributed by atoms with Crippen LogP contribution in [0.2, 0.25) is 0 Å². The van der Waals surface area contributed by atoms with E-state index in [1.165, 1.54) is 23.4 Å². The molecular weight excluding hydrogens is 415 g/mol. The van der Waals surface area contributed by atoms with Crippen molar-refractivity contribution in [2.24, 2.45) is 0 Å². The summed E-state index contributed by atoms with van der Waals surface area (Å²) in [5.74, 6) is -0.330. The highest BCUT2D eigenvalue weighted by Gasteiger charge is 2.31. The molecule has 0 aliphatic carbocycles. The summed E-state index contributed by atoms with van der Waals surface area (Å²) in [6.45, 7) is 3.44. The molecule has 4 aromatic rings. The van der Waals surface area contributed by atoms with Gasteiger partial charge in [-0.1, -0.05) is 0 Å². The molecule has 3 heterocycles. The summed E-state index contributed by atoms with van der Waals surface area (Å²) in [7, 11) is 0. The summed E-state index contributed by atoms with van der Waals surface area (Å²) in [5, 5.41) is 14.3. The lowest BCUT2D eigenvalue weighted by Crippen LogP contribution is -2.26. The average Bonchev–Trinajstić information content (AvgIpc) is 3.16. The van der Waals surface area contributed by atoms with Crippen LogP contribution < -0.4 is 10.7 Å². The maximum Gasteiger partial charge on any atom is 0.416 e. The fourth-order valence-corrected chi connectivity index (χ4v) is 3.12. The molecule has 0 radical (unpaired) electrons. The number of carbonyl (C=O) groups excluding carboxylic acids is 1. The molecule has 0 unspecified atom stereocenters. The molecule has 0 aliphatic heterocycles. The largest absolute Gasteiger partial charge is 0.416 e. The Morgan fingerprint density at radius 1 is 1.26 bits per heavy atom. The van der Waals surface area contributed by atoms with Gasteiger partial charge in [0.05, 0.1) is 29.9 Å². The Kier molecular flexibility index (Phi) is 4.91. The second kappa shape index (κ2) is 7.45. The first-order valence-corrected chi connectivity index (χ1v) is 9.21. The molecule has 0 spiro atoms. The summed E-state index contributed by atoms with van der Waals surface area (Å²) < 4.78 is 42.2. The van der Waals surface area contributed by atoms with E-state index in [0.29, 0.717) is 5.65 Å². The number of rotatable bonds is 4. The van der Waals surface area contributed by atoms with Crippen LogP contribution in [-0.4, -0.2) is 35.3 Å².